The van der Waals surface area contributed by atoms with Crippen molar-refractivity contribution in [2.75, 3.05) is 11.9 Å². The van der Waals surface area contributed by atoms with Crippen LogP contribution in [-0.4, -0.2) is 27.5 Å². The number of aromatic nitrogens is 3. The Morgan fingerprint density at radius 3 is 2.80 bits per heavy atom. The maximum absolute atomic E-state index is 12.7. The number of ether oxygens (including phenoxy) is 1. The molecule has 0 fully saturated rings. The first kappa shape index (κ1) is 18.3. The third-order valence-corrected chi connectivity index (χ3v) is 3.07. The van der Waals surface area contributed by atoms with Gasteiger partial charge in [-0.25, -0.2) is 9.78 Å². The van der Waals surface area contributed by atoms with Gasteiger partial charge in [-0.1, -0.05) is 24.3 Å². The fourth-order valence-electron chi connectivity index (χ4n) is 1.72. The molecule has 7 nitrogen and oxygen atoms in total. The zero-order chi connectivity index (χ0) is 18.6. The van der Waals surface area contributed by atoms with Gasteiger partial charge in [-0.15, -0.1) is 0 Å². The van der Waals surface area contributed by atoms with Crippen LogP contribution < -0.4 is 5.32 Å². The molecule has 0 aliphatic rings. The number of carbonyl (C=O) groups is 1. The maximum atomic E-state index is 12.7. The number of halogens is 4. The summed E-state index contributed by atoms with van der Waals surface area (Å²) >= 11 is 5.85. The van der Waals surface area contributed by atoms with Crippen LogP contribution >= 0.6 is 11.6 Å². The van der Waals surface area contributed by atoms with E-state index in [1.807, 2.05) is 0 Å². The van der Waals surface area contributed by atoms with Gasteiger partial charge >= 0.3 is 12.3 Å². The number of pyridine rings is 1. The Balaban J connectivity index is 2.43. The van der Waals surface area contributed by atoms with Gasteiger partial charge in [0.05, 0.1) is 16.8 Å². The molecule has 0 aromatic carbocycles. The van der Waals surface area contributed by atoms with E-state index in [1.165, 1.54) is 6.08 Å². The van der Waals surface area contributed by atoms with Crippen LogP contribution in [0.5, 0.6) is 0 Å². The fraction of sp³-hybridized carbons (Fsp3) is 0.143. The standard InChI is InChI=1S/C14H9ClF3N5O2/c1-2-3-25-13(24)22-11-8(5-19)6-21-23(11)12-10(15)4-9(7-20-12)14(16,17)18/h2,4,6-7H,1,3H2,(H,22,24). The molecule has 0 bridgehead atoms. The summed E-state index contributed by atoms with van der Waals surface area (Å²) in [7, 11) is 0. The van der Waals surface area contributed by atoms with Crippen molar-refractivity contribution in [1.82, 2.24) is 14.8 Å². The highest BCUT2D eigenvalue weighted by molar-refractivity contribution is 6.32. The highest BCUT2D eigenvalue weighted by atomic mass is 35.5. The van der Waals surface area contributed by atoms with Crippen LogP contribution in [0.3, 0.4) is 0 Å². The number of nitrogens with zero attached hydrogens (tertiary/aromatic N) is 4. The van der Waals surface area contributed by atoms with E-state index in [0.717, 1.165) is 10.9 Å². The molecule has 0 saturated carbocycles. The van der Waals surface area contributed by atoms with Gasteiger partial charge in [0.1, 0.15) is 18.2 Å². The molecule has 0 unspecified atom stereocenters. The molecule has 1 amide bonds. The Bertz CT molecular complexity index is 857. The lowest BCUT2D eigenvalue weighted by Gasteiger charge is -2.12. The summed E-state index contributed by atoms with van der Waals surface area (Å²) in [5, 5.41) is 14.8. The molecule has 25 heavy (non-hydrogen) atoms. The predicted octanol–water partition coefficient (Wildman–Crippen LogP) is 3.55. The van der Waals surface area contributed by atoms with Crippen LogP contribution in [-0.2, 0) is 10.9 Å². The number of hydrogen-bond acceptors (Lipinski definition) is 5. The van der Waals surface area contributed by atoms with Crippen LogP contribution in [0.15, 0.2) is 31.1 Å². The van der Waals surface area contributed by atoms with Crippen LogP contribution in [0.2, 0.25) is 5.02 Å². The first-order valence-electron chi connectivity index (χ1n) is 6.53. The lowest BCUT2D eigenvalue weighted by atomic mass is 10.3. The zero-order valence-corrected chi connectivity index (χ0v) is 13.1. The molecule has 0 spiro atoms. The Morgan fingerprint density at radius 1 is 1.52 bits per heavy atom. The average molecular weight is 372 g/mol. The van der Waals surface area contributed by atoms with Gasteiger partial charge in [-0.05, 0) is 6.07 Å². The number of alkyl halides is 3. The molecular weight excluding hydrogens is 363 g/mol. The second-order valence-corrected chi connectivity index (χ2v) is 4.88. The minimum atomic E-state index is -4.62. The zero-order valence-electron chi connectivity index (χ0n) is 12.3. The van der Waals surface area contributed by atoms with Crippen LogP contribution in [0.1, 0.15) is 11.1 Å². The van der Waals surface area contributed by atoms with Crippen molar-refractivity contribution in [2.24, 2.45) is 0 Å². The van der Waals surface area contributed by atoms with Crippen molar-refractivity contribution in [2.45, 2.75) is 6.18 Å². The number of nitrogens with one attached hydrogen (secondary N) is 1. The van der Waals surface area contributed by atoms with E-state index in [4.69, 9.17) is 21.6 Å². The van der Waals surface area contributed by atoms with Crippen LogP contribution in [0.4, 0.5) is 23.8 Å². The quantitative estimate of drug-likeness (QED) is 0.830. The smallest absolute Gasteiger partial charge is 0.417 e. The normalized spacial score (nSPS) is 10.8. The minimum Gasteiger partial charge on any atom is -0.445 e. The van der Waals surface area contributed by atoms with Crippen molar-refractivity contribution in [1.29, 1.82) is 5.26 Å². The summed E-state index contributed by atoms with van der Waals surface area (Å²) in [6.07, 6.45) is -2.54. The van der Waals surface area contributed by atoms with Gasteiger partial charge in [-0.3, -0.25) is 5.32 Å². The van der Waals surface area contributed by atoms with Crippen molar-refractivity contribution >= 4 is 23.5 Å². The molecule has 0 aliphatic heterocycles. The van der Waals surface area contributed by atoms with Crippen molar-refractivity contribution in [3.05, 3.63) is 47.3 Å². The fourth-order valence-corrected chi connectivity index (χ4v) is 1.97. The third-order valence-electron chi connectivity index (χ3n) is 2.79. The molecule has 11 heteroatoms. The number of amides is 1. The van der Waals surface area contributed by atoms with Crippen molar-refractivity contribution in [3.63, 3.8) is 0 Å². The molecule has 2 heterocycles. The molecule has 0 saturated heterocycles. The van der Waals surface area contributed by atoms with E-state index in [-0.39, 0.29) is 28.8 Å². The van der Waals surface area contributed by atoms with E-state index in [0.29, 0.717) is 12.3 Å². The maximum Gasteiger partial charge on any atom is 0.417 e. The van der Waals surface area contributed by atoms with Crippen molar-refractivity contribution in [3.8, 4) is 11.9 Å². The second-order valence-electron chi connectivity index (χ2n) is 4.47. The molecule has 2 aromatic rings. The molecule has 0 radical (unpaired) electrons. The van der Waals surface area contributed by atoms with Crippen molar-refractivity contribution < 1.29 is 22.7 Å². The van der Waals surface area contributed by atoms with Gasteiger partial charge in [0, 0.05) is 6.20 Å². The largest absolute Gasteiger partial charge is 0.445 e. The van der Waals surface area contributed by atoms with E-state index < -0.39 is 17.8 Å². The first-order chi connectivity index (χ1) is 11.8. The van der Waals surface area contributed by atoms with Gasteiger partial charge < -0.3 is 4.74 Å². The van der Waals surface area contributed by atoms with E-state index in [9.17, 15) is 18.0 Å². The summed E-state index contributed by atoms with van der Waals surface area (Å²) in [6, 6.07) is 2.44. The van der Waals surface area contributed by atoms with Gasteiger partial charge in [0.15, 0.2) is 11.6 Å². The summed E-state index contributed by atoms with van der Waals surface area (Å²) in [5.41, 5.74) is -1.11. The molecular formula is C14H9ClF3N5O2. The lowest BCUT2D eigenvalue weighted by molar-refractivity contribution is -0.137. The monoisotopic (exact) mass is 371 g/mol. The number of nitriles is 1. The molecule has 0 aliphatic carbocycles. The van der Waals surface area contributed by atoms with E-state index in [1.54, 1.807) is 6.07 Å². The summed E-state index contributed by atoms with van der Waals surface area (Å²) in [6.45, 7) is 3.29. The predicted molar refractivity (Wildman–Crippen MR) is 81.3 cm³/mol. The third kappa shape index (κ3) is 4.07. The SMILES string of the molecule is C=CCOC(=O)Nc1c(C#N)cnn1-c1ncc(C(F)(F)F)cc1Cl. The Morgan fingerprint density at radius 2 is 2.24 bits per heavy atom. The number of anilines is 1. The van der Waals surface area contributed by atoms with Crippen LogP contribution in [0, 0.1) is 11.3 Å². The Kier molecular flexibility index (Phi) is 5.29. The summed E-state index contributed by atoms with van der Waals surface area (Å²) in [5.74, 6) is -0.346. The first-order valence-corrected chi connectivity index (χ1v) is 6.91. The van der Waals surface area contributed by atoms with Crippen LogP contribution in [0.25, 0.3) is 5.82 Å². The molecule has 2 rings (SSSR count). The number of rotatable bonds is 4. The highest BCUT2D eigenvalue weighted by Gasteiger charge is 2.32. The topological polar surface area (TPSA) is 92.8 Å². The molecule has 1 N–H and O–H groups in total. The summed E-state index contributed by atoms with van der Waals surface area (Å²) < 4.78 is 43.7. The molecule has 130 valence electrons. The Hall–Kier alpha value is -3.06. The summed E-state index contributed by atoms with van der Waals surface area (Å²) in [4.78, 5) is 15.3. The van der Waals surface area contributed by atoms with E-state index >= 15 is 0 Å². The molecule has 2 aromatic heterocycles. The van der Waals surface area contributed by atoms with Gasteiger partial charge in [0.2, 0.25) is 0 Å². The Labute approximate surface area is 144 Å². The van der Waals surface area contributed by atoms with E-state index in [2.05, 4.69) is 22.0 Å². The second kappa shape index (κ2) is 7.23. The average Bonchev–Trinajstić information content (AvgIpc) is 2.94. The number of carbonyl (C=O) groups excluding carboxylic acids is 1. The number of hydrogen-bond donors (Lipinski definition) is 1. The van der Waals surface area contributed by atoms with Gasteiger partial charge in [0.25, 0.3) is 0 Å². The minimum absolute atomic E-state index is 0.0617. The lowest BCUT2D eigenvalue weighted by Crippen LogP contribution is -2.18. The molecule has 0 atom stereocenters. The highest BCUT2D eigenvalue weighted by Crippen LogP contribution is 2.32. The van der Waals surface area contributed by atoms with Gasteiger partial charge in [-0.2, -0.15) is 28.2 Å².